The van der Waals surface area contributed by atoms with E-state index in [1.165, 1.54) is 24.6 Å². The summed E-state index contributed by atoms with van der Waals surface area (Å²) in [5.74, 6) is 0.261. The summed E-state index contributed by atoms with van der Waals surface area (Å²) in [7, 11) is 0. The predicted molar refractivity (Wildman–Crippen MR) is 113 cm³/mol. The quantitative estimate of drug-likeness (QED) is 0.315. The molecule has 0 spiro atoms. The number of benzene rings is 2. The number of aromatic nitrogens is 3. The fraction of sp³-hybridized carbons (Fsp3) is 0.0556. The molecule has 2 N–H and O–H groups in total. The van der Waals surface area contributed by atoms with Gasteiger partial charge in [0.25, 0.3) is 17.3 Å². The van der Waals surface area contributed by atoms with Gasteiger partial charge in [0.1, 0.15) is 5.69 Å². The highest BCUT2D eigenvalue weighted by atomic mass is 16.6. The van der Waals surface area contributed by atoms with Crippen LogP contribution in [0.1, 0.15) is 16.8 Å². The van der Waals surface area contributed by atoms with Gasteiger partial charge in [0.2, 0.25) is 0 Å². The SMILES string of the molecule is Cc1nnc(N/N=C\c2ccccc2[N+](=O)[O-])nc1N/N=C\c1ccccc1[N+](=O)[O-]. The average Bonchev–Trinajstić information content (AvgIpc) is 2.76. The Kier molecular flexibility index (Phi) is 6.47. The molecule has 3 aromatic rings. The maximum absolute atomic E-state index is 11.0. The van der Waals surface area contributed by atoms with Crippen LogP contribution in [-0.4, -0.2) is 37.5 Å². The van der Waals surface area contributed by atoms with Crippen LogP contribution in [0.15, 0.2) is 58.7 Å². The summed E-state index contributed by atoms with van der Waals surface area (Å²) in [6.45, 7) is 1.64. The van der Waals surface area contributed by atoms with E-state index in [1.54, 1.807) is 43.3 Å². The molecule has 1 aromatic heterocycles. The number of anilines is 2. The van der Waals surface area contributed by atoms with Crippen LogP contribution in [-0.2, 0) is 0 Å². The largest absolute Gasteiger partial charge is 0.278 e. The predicted octanol–water partition coefficient (Wildman–Crippen LogP) is 2.89. The minimum Gasteiger partial charge on any atom is -0.260 e. The normalized spacial score (nSPS) is 11.0. The second-order valence-electron chi connectivity index (χ2n) is 5.94. The molecule has 0 radical (unpaired) electrons. The lowest BCUT2D eigenvalue weighted by atomic mass is 10.2. The third-order valence-electron chi connectivity index (χ3n) is 3.86. The molecule has 0 bridgehead atoms. The summed E-state index contributed by atoms with van der Waals surface area (Å²) in [6, 6.07) is 12.2. The van der Waals surface area contributed by atoms with Crippen molar-refractivity contribution >= 4 is 35.6 Å². The number of hydrogen-bond donors (Lipinski definition) is 2. The Morgan fingerprint density at radius 3 is 1.90 bits per heavy atom. The first kappa shape index (κ1) is 20.9. The molecule has 3 rings (SSSR count). The smallest absolute Gasteiger partial charge is 0.260 e. The minimum absolute atomic E-state index is 0.0174. The lowest BCUT2D eigenvalue weighted by Gasteiger charge is -2.04. The molecule has 0 saturated carbocycles. The molecule has 0 atom stereocenters. The Hall–Kier alpha value is -4.81. The Bertz CT molecular complexity index is 1180. The van der Waals surface area contributed by atoms with Crippen LogP contribution in [0.5, 0.6) is 0 Å². The number of nitrogens with one attached hydrogen (secondary N) is 2. The zero-order chi connectivity index (χ0) is 22.2. The number of para-hydroxylation sites is 2. The third-order valence-corrected chi connectivity index (χ3v) is 3.86. The first-order valence-corrected chi connectivity index (χ1v) is 8.72. The number of nitro groups is 2. The number of hydrazone groups is 2. The highest BCUT2D eigenvalue weighted by Gasteiger charge is 2.11. The molecule has 13 heteroatoms. The lowest BCUT2D eigenvalue weighted by molar-refractivity contribution is -0.385. The van der Waals surface area contributed by atoms with Crippen LogP contribution < -0.4 is 10.9 Å². The van der Waals surface area contributed by atoms with E-state index in [1.807, 2.05) is 0 Å². The molecule has 0 aliphatic carbocycles. The summed E-state index contributed by atoms with van der Waals surface area (Å²) < 4.78 is 0. The van der Waals surface area contributed by atoms with Crippen molar-refractivity contribution in [2.45, 2.75) is 6.92 Å². The number of nitro benzene ring substituents is 2. The van der Waals surface area contributed by atoms with E-state index in [-0.39, 0.29) is 23.1 Å². The van der Waals surface area contributed by atoms with Gasteiger partial charge in [-0.15, -0.1) is 10.2 Å². The molecule has 13 nitrogen and oxygen atoms in total. The van der Waals surface area contributed by atoms with Crippen LogP contribution >= 0.6 is 0 Å². The second-order valence-corrected chi connectivity index (χ2v) is 5.94. The van der Waals surface area contributed by atoms with Crippen molar-refractivity contribution in [3.8, 4) is 0 Å². The van der Waals surface area contributed by atoms with Crippen molar-refractivity contribution in [1.29, 1.82) is 0 Å². The average molecular weight is 421 g/mol. The minimum atomic E-state index is -0.512. The highest BCUT2D eigenvalue weighted by molar-refractivity contribution is 5.86. The second kappa shape index (κ2) is 9.60. The molecule has 0 fully saturated rings. The summed E-state index contributed by atoms with van der Waals surface area (Å²) in [5.41, 5.74) is 6.05. The van der Waals surface area contributed by atoms with E-state index in [9.17, 15) is 20.2 Å². The van der Waals surface area contributed by atoms with Gasteiger partial charge in [0.05, 0.1) is 33.4 Å². The van der Waals surface area contributed by atoms with Crippen molar-refractivity contribution < 1.29 is 9.85 Å². The monoisotopic (exact) mass is 421 g/mol. The van der Waals surface area contributed by atoms with E-state index >= 15 is 0 Å². The molecule has 0 saturated heterocycles. The van der Waals surface area contributed by atoms with Crippen molar-refractivity contribution in [1.82, 2.24) is 15.2 Å². The molecular formula is C18H15N9O4. The van der Waals surface area contributed by atoms with Gasteiger partial charge in [0.15, 0.2) is 5.82 Å². The Balaban J connectivity index is 1.71. The van der Waals surface area contributed by atoms with Crippen LogP contribution in [0.3, 0.4) is 0 Å². The Morgan fingerprint density at radius 2 is 1.35 bits per heavy atom. The lowest BCUT2D eigenvalue weighted by Crippen LogP contribution is -2.05. The topological polar surface area (TPSA) is 174 Å². The number of rotatable bonds is 8. The molecular weight excluding hydrogens is 406 g/mol. The van der Waals surface area contributed by atoms with Gasteiger partial charge < -0.3 is 0 Å². The molecule has 156 valence electrons. The zero-order valence-electron chi connectivity index (χ0n) is 16.0. The van der Waals surface area contributed by atoms with Crippen LogP contribution in [0.4, 0.5) is 23.1 Å². The summed E-state index contributed by atoms with van der Waals surface area (Å²) in [6.07, 6.45) is 2.56. The van der Waals surface area contributed by atoms with Crippen LogP contribution in [0.2, 0.25) is 0 Å². The zero-order valence-corrected chi connectivity index (χ0v) is 16.0. The maximum Gasteiger partial charge on any atom is 0.278 e. The molecule has 0 aliphatic rings. The molecule has 2 aromatic carbocycles. The molecule has 0 aliphatic heterocycles. The van der Waals surface area contributed by atoms with Crippen LogP contribution in [0, 0.1) is 27.2 Å². The van der Waals surface area contributed by atoms with E-state index < -0.39 is 9.85 Å². The van der Waals surface area contributed by atoms with Gasteiger partial charge in [-0.25, -0.2) is 5.43 Å². The highest BCUT2D eigenvalue weighted by Crippen LogP contribution is 2.17. The number of aryl methyl sites for hydroxylation is 1. The molecule has 31 heavy (non-hydrogen) atoms. The van der Waals surface area contributed by atoms with Crippen molar-refractivity contribution in [3.63, 3.8) is 0 Å². The molecule has 0 unspecified atom stereocenters. The van der Waals surface area contributed by atoms with E-state index in [2.05, 4.69) is 36.2 Å². The van der Waals surface area contributed by atoms with E-state index in [0.29, 0.717) is 16.8 Å². The van der Waals surface area contributed by atoms with Gasteiger partial charge in [-0.3, -0.25) is 25.7 Å². The first-order chi connectivity index (χ1) is 15.0. The van der Waals surface area contributed by atoms with E-state index in [4.69, 9.17) is 0 Å². The summed E-state index contributed by atoms with van der Waals surface area (Å²) in [5, 5.41) is 37.7. The molecule has 1 heterocycles. The first-order valence-electron chi connectivity index (χ1n) is 8.72. The van der Waals surface area contributed by atoms with Gasteiger partial charge in [-0.2, -0.15) is 15.2 Å². The van der Waals surface area contributed by atoms with Crippen LogP contribution in [0.25, 0.3) is 0 Å². The fourth-order valence-corrected chi connectivity index (χ4v) is 2.38. The number of hydrogen-bond acceptors (Lipinski definition) is 11. The Labute approximate surface area is 174 Å². The standard InChI is InChI=1S/C18H15N9O4/c1-12-17(23-19-10-13-6-2-4-8-15(13)26(28)29)21-18(25-22-12)24-20-11-14-7-3-5-9-16(14)27(30)31/h2-11H,1H3,(H2,21,23,24,25)/b19-10-,20-11-. The number of nitrogens with zero attached hydrogens (tertiary/aromatic N) is 7. The van der Waals surface area contributed by atoms with E-state index in [0.717, 1.165) is 0 Å². The molecule has 0 amide bonds. The summed E-state index contributed by atoms with van der Waals surface area (Å²) in [4.78, 5) is 25.2. The van der Waals surface area contributed by atoms with Crippen molar-refractivity contribution in [2.24, 2.45) is 10.2 Å². The summed E-state index contributed by atoms with van der Waals surface area (Å²) >= 11 is 0. The van der Waals surface area contributed by atoms with Gasteiger partial charge in [-0.1, -0.05) is 24.3 Å². The maximum atomic E-state index is 11.0. The van der Waals surface area contributed by atoms with Crippen molar-refractivity contribution in [3.05, 3.63) is 85.6 Å². The fourth-order valence-electron chi connectivity index (χ4n) is 2.38. The Morgan fingerprint density at radius 1 is 0.839 bits per heavy atom. The van der Waals surface area contributed by atoms with Gasteiger partial charge in [-0.05, 0) is 19.1 Å². The van der Waals surface area contributed by atoms with Gasteiger partial charge in [0, 0.05) is 12.1 Å². The van der Waals surface area contributed by atoms with Gasteiger partial charge >= 0.3 is 0 Å². The van der Waals surface area contributed by atoms with Crippen molar-refractivity contribution in [2.75, 3.05) is 10.9 Å². The third kappa shape index (κ3) is 5.38.